The van der Waals surface area contributed by atoms with Crippen molar-refractivity contribution in [3.63, 3.8) is 0 Å². The molecule has 0 saturated carbocycles. The number of hydrogen-bond donors (Lipinski definition) is 1. The first kappa shape index (κ1) is 14.4. The van der Waals surface area contributed by atoms with E-state index in [1.54, 1.807) is 0 Å². The molecule has 0 bridgehead atoms. The summed E-state index contributed by atoms with van der Waals surface area (Å²) >= 11 is 0. The molecule has 0 saturated heterocycles. The number of benzene rings is 2. The summed E-state index contributed by atoms with van der Waals surface area (Å²) in [5.41, 5.74) is 3.85. The third-order valence-corrected chi connectivity index (χ3v) is 3.54. The Bertz CT molecular complexity index is 689. The van der Waals surface area contributed by atoms with Gasteiger partial charge in [0, 0.05) is 12.1 Å². The van der Waals surface area contributed by atoms with Crippen molar-refractivity contribution in [3.05, 3.63) is 58.7 Å². The van der Waals surface area contributed by atoms with Crippen LogP contribution in [0.15, 0.2) is 36.4 Å². The minimum atomic E-state index is -0.0679. The van der Waals surface area contributed by atoms with Gasteiger partial charge in [0.25, 0.3) is 5.91 Å². The van der Waals surface area contributed by atoms with Crippen molar-refractivity contribution in [1.29, 1.82) is 0 Å². The van der Waals surface area contributed by atoms with E-state index in [4.69, 9.17) is 9.47 Å². The Morgan fingerprint density at radius 1 is 1.00 bits per heavy atom. The second kappa shape index (κ2) is 6.10. The van der Waals surface area contributed by atoms with E-state index in [2.05, 4.69) is 11.4 Å². The second-order valence-electron chi connectivity index (χ2n) is 5.54. The zero-order chi connectivity index (χ0) is 15.5. The fourth-order valence-electron chi connectivity index (χ4n) is 2.59. The highest BCUT2D eigenvalue weighted by Gasteiger charge is 2.12. The van der Waals surface area contributed by atoms with Crippen molar-refractivity contribution in [3.8, 4) is 11.5 Å². The lowest BCUT2D eigenvalue weighted by molar-refractivity contribution is 0.0950. The first-order valence-corrected chi connectivity index (χ1v) is 7.37. The molecule has 4 heteroatoms. The van der Waals surface area contributed by atoms with Crippen LogP contribution in [-0.2, 0) is 6.54 Å². The molecule has 1 amide bonds. The maximum Gasteiger partial charge on any atom is 0.251 e. The lowest BCUT2D eigenvalue weighted by atomic mass is 10.1. The normalized spacial score (nSPS) is 12.8. The summed E-state index contributed by atoms with van der Waals surface area (Å²) in [6.07, 6.45) is 0. The summed E-state index contributed by atoms with van der Waals surface area (Å²) in [7, 11) is 0. The zero-order valence-electron chi connectivity index (χ0n) is 12.8. The fourth-order valence-corrected chi connectivity index (χ4v) is 2.59. The van der Waals surface area contributed by atoms with E-state index in [0.717, 1.165) is 28.2 Å². The van der Waals surface area contributed by atoms with Gasteiger partial charge in [-0.2, -0.15) is 0 Å². The van der Waals surface area contributed by atoms with Crippen LogP contribution in [0.2, 0.25) is 0 Å². The largest absolute Gasteiger partial charge is 0.486 e. The average Bonchev–Trinajstić information content (AvgIpc) is 2.51. The monoisotopic (exact) mass is 297 g/mol. The molecular formula is C18H19NO3. The molecule has 1 N–H and O–H groups in total. The molecule has 114 valence electrons. The van der Waals surface area contributed by atoms with Crippen LogP contribution in [0.4, 0.5) is 0 Å². The average molecular weight is 297 g/mol. The van der Waals surface area contributed by atoms with Gasteiger partial charge in [-0.15, -0.1) is 0 Å². The van der Waals surface area contributed by atoms with E-state index in [0.29, 0.717) is 25.3 Å². The number of rotatable bonds is 3. The molecule has 22 heavy (non-hydrogen) atoms. The van der Waals surface area contributed by atoms with Crippen LogP contribution < -0.4 is 14.8 Å². The number of fused-ring (bicyclic) bond motifs is 1. The molecule has 3 rings (SSSR count). The van der Waals surface area contributed by atoms with Crippen LogP contribution in [0, 0.1) is 13.8 Å². The second-order valence-corrected chi connectivity index (χ2v) is 5.54. The molecule has 4 nitrogen and oxygen atoms in total. The molecule has 0 radical (unpaired) electrons. The minimum Gasteiger partial charge on any atom is -0.486 e. The van der Waals surface area contributed by atoms with Gasteiger partial charge in [0.05, 0.1) is 0 Å². The quantitative estimate of drug-likeness (QED) is 0.947. The predicted molar refractivity (Wildman–Crippen MR) is 84.5 cm³/mol. The van der Waals surface area contributed by atoms with Crippen molar-refractivity contribution in [1.82, 2.24) is 5.32 Å². The highest BCUT2D eigenvalue weighted by molar-refractivity contribution is 5.94. The van der Waals surface area contributed by atoms with Crippen LogP contribution in [0.25, 0.3) is 0 Å². The number of carbonyl (C=O) groups is 1. The fraction of sp³-hybridized carbons (Fsp3) is 0.278. The number of nitrogens with one attached hydrogen (secondary N) is 1. The van der Waals surface area contributed by atoms with Gasteiger partial charge in [0.15, 0.2) is 11.5 Å². The standard InChI is InChI=1S/C18H19NO3/c1-12-7-13(2)9-15(8-12)18(20)19-11-14-3-4-16-17(10-14)22-6-5-21-16/h3-4,7-10H,5-6,11H2,1-2H3,(H,19,20). The first-order chi connectivity index (χ1) is 10.6. The maximum atomic E-state index is 12.2. The van der Waals surface area contributed by atoms with Crippen LogP contribution in [0.3, 0.4) is 0 Å². The minimum absolute atomic E-state index is 0.0679. The van der Waals surface area contributed by atoms with Gasteiger partial charge < -0.3 is 14.8 Å². The van der Waals surface area contributed by atoms with Crippen LogP contribution in [0.5, 0.6) is 11.5 Å². The Hall–Kier alpha value is -2.49. The number of aryl methyl sites for hydroxylation is 2. The highest BCUT2D eigenvalue weighted by atomic mass is 16.6. The van der Waals surface area contributed by atoms with Crippen molar-refractivity contribution in [2.45, 2.75) is 20.4 Å². The van der Waals surface area contributed by atoms with E-state index in [9.17, 15) is 4.79 Å². The van der Waals surface area contributed by atoms with E-state index in [1.807, 2.05) is 44.2 Å². The van der Waals surface area contributed by atoms with Gasteiger partial charge in [0.2, 0.25) is 0 Å². The summed E-state index contributed by atoms with van der Waals surface area (Å²) < 4.78 is 11.0. The number of hydrogen-bond acceptors (Lipinski definition) is 3. The van der Waals surface area contributed by atoms with Gasteiger partial charge in [-0.3, -0.25) is 4.79 Å². The highest BCUT2D eigenvalue weighted by Crippen LogP contribution is 2.30. The number of amides is 1. The third-order valence-electron chi connectivity index (χ3n) is 3.54. The van der Waals surface area contributed by atoms with Crippen molar-refractivity contribution < 1.29 is 14.3 Å². The summed E-state index contributed by atoms with van der Waals surface area (Å²) in [5, 5.41) is 2.94. The van der Waals surface area contributed by atoms with Crippen LogP contribution in [0.1, 0.15) is 27.0 Å². The molecule has 1 aliphatic heterocycles. The van der Waals surface area contributed by atoms with E-state index >= 15 is 0 Å². The van der Waals surface area contributed by atoms with E-state index in [1.165, 1.54) is 0 Å². The molecular weight excluding hydrogens is 278 g/mol. The first-order valence-electron chi connectivity index (χ1n) is 7.37. The SMILES string of the molecule is Cc1cc(C)cc(C(=O)NCc2ccc3c(c2)OCCO3)c1. The van der Waals surface area contributed by atoms with Crippen molar-refractivity contribution in [2.24, 2.45) is 0 Å². The Kier molecular flexibility index (Phi) is 4.00. The van der Waals surface area contributed by atoms with Gasteiger partial charge >= 0.3 is 0 Å². The Labute approximate surface area is 130 Å². The van der Waals surface area contributed by atoms with Crippen molar-refractivity contribution in [2.75, 3.05) is 13.2 Å². The van der Waals surface area contributed by atoms with Crippen LogP contribution >= 0.6 is 0 Å². The smallest absolute Gasteiger partial charge is 0.251 e. The molecule has 0 unspecified atom stereocenters. The summed E-state index contributed by atoms with van der Waals surface area (Å²) in [6.45, 7) is 5.58. The summed E-state index contributed by atoms with van der Waals surface area (Å²) in [4.78, 5) is 12.2. The van der Waals surface area contributed by atoms with Gasteiger partial charge in [-0.25, -0.2) is 0 Å². The molecule has 0 spiro atoms. The van der Waals surface area contributed by atoms with Crippen molar-refractivity contribution >= 4 is 5.91 Å². The molecule has 1 heterocycles. The molecule has 2 aromatic carbocycles. The third kappa shape index (κ3) is 3.22. The summed E-state index contributed by atoms with van der Waals surface area (Å²) in [6, 6.07) is 11.6. The van der Waals surface area contributed by atoms with Crippen LogP contribution in [-0.4, -0.2) is 19.1 Å². The maximum absolute atomic E-state index is 12.2. The lowest BCUT2D eigenvalue weighted by Crippen LogP contribution is -2.23. The molecule has 0 atom stereocenters. The molecule has 1 aliphatic rings. The molecule has 0 aromatic heterocycles. The van der Waals surface area contributed by atoms with E-state index in [-0.39, 0.29) is 5.91 Å². The molecule has 2 aromatic rings. The Balaban J connectivity index is 1.68. The van der Waals surface area contributed by atoms with Gasteiger partial charge in [-0.1, -0.05) is 23.3 Å². The zero-order valence-corrected chi connectivity index (χ0v) is 12.8. The van der Waals surface area contributed by atoms with Gasteiger partial charge in [0.1, 0.15) is 13.2 Å². The van der Waals surface area contributed by atoms with E-state index < -0.39 is 0 Å². The molecule has 0 fully saturated rings. The lowest BCUT2D eigenvalue weighted by Gasteiger charge is -2.19. The predicted octanol–water partition coefficient (Wildman–Crippen LogP) is 3.00. The summed E-state index contributed by atoms with van der Waals surface area (Å²) in [5.74, 6) is 1.43. The van der Waals surface area contributed by atoms with Gasteiger partial charge in [-0.05, 0) is 43.7 Å². The molecule has 0 aliphatic carbocycles. The number of ether oxygens (including phenoxy) is 2. The number of carbonyl (C=O) groups excluding carboxylic acids is 1. The topological polar surface area (TPSA) is 47.6 Å². The Morgan fingerprint density at radius 2 is 1.68 bits per heavy atom. The Morgan fingerprint density at radius 3 is 2.41 bits per heavy atom.